The summed E-state index contributed by atoms with van der Waals surface area (Å²) in [5.41, 5.74) is 8.87. The van der Waals surface area contributed by atoms with E-state index in [9.17, 15) is 9.59 Å². The average Bonchev–Trinajstić information content (AvgIpc) is 2.65. The van der Waals surface area contributed by atoms with E-state index in [0.717, 1.165) is 11.3 Å². The third kappa shape index (κ3) is 3.91. The van der Waals surface area contributed by atoms with Crippen LogP contribution in [-0.2, 0) is 9.59 Å². The Kier molecular flexibility index (Phi) is 4.88. The molecular formula is C19H22N4O2. The molecule has 0 saturated carbocycles. The summed E-state index contributed by atoms with van der Waals surface area (Å²) in [6.45, 7) is 4.35. The molecule has 1 fully saturated rings. The third-order valence-electron chi connectivity index (χ3n) is 4.34. The summed E-state index contributed by atoms with van der Waals surface area (Å²) in [4.78, 5) is 28.4. The number of rotatable bonds is 2. The van der Waals surface area contributed by atoms with E-state index in [1.807, 2.05) is 43.3 Å². The van der Waals surface area contributed by atoms with Gasteiger partial charge in [-0.25, -0.2) is 0 Å². The zero-order valence-corrected chi connectivity index (χ0v) is 14.2. The molecule has 0 aliphatic carbocycles. The lowest BCUT2D eigenvalue weighted by Crippen LogP contribution is -2.51. The second kappa shape index (κ2) is 7.25. The third-order valence-corrected chi connectivity index (χ3v) is 4.34. The molecule has 6 nitrogen and oxygen atoms in total. The predicted molar refractivity (Wildman–Crippen MR) is 99.5 cm³/mol. The number of benzene rings is 2. The number of anilines is 3. The molecule has 1 aliphatic rings. The number of nitrogens with one attached hydrogen (secondary N) is 1. The Morgan fingerprint density at radius 1 is 1.00 bits per heavy atom. The van der Waals surface area contributed by atoms with E-state index in [1.54, 1.807) is 17.0 Å². The van der Waals surface area contributed by atoms with E-state index >= 15 is 0 Å². The lowest BCUT2D eigenvalue weighted by molar-refractivity contribution is -0.143. The molecule has 2 aromatic carbocycles. The summed E-state index contributed by atoms with van der Waals surface area (Å²) in [6.07, 6.45) is 0. The topological polar surface area (TPSA) is 78.7 Å². The van der Waals surface area contributed by atoms with Gasteiger partial charge in [0.25, 0.3) is 0 Å². The highest BCUT2D eigenvalue weighted by Gasteiger charge is 2.26. The Morgan fingerprint density at radius 2 is 1.68 bits per heavy atom. The van der Waals surface area contributed by atoms with Gasteiger partial charge in [-0.15, -0.1) is 0 Å². The zero-order chi connectivity index (χ0) is 17.8. The van der Waals surface area contributed by atoms with E-state index in [1.165, 1.54) is 0 Å². The maximum atomic E-state index is 12.4. The van der Waals surface area contributed by atoms with Crippen LogP contribution in [0.15, 0.2) is 48.5 Å². The fraction of sp³-hybridized carbons (Fsp3) is 0.263. The number of para-hydroxylation sites is 1. The van der Waals surface area contributed by atoms with Crippen LogP contribution >= 0.6 is 0 Å². The Hall–Kier alpha value is -3.02. The molecule has 1 saturated heterocycles. The van der Waals surface area contributed by atoms with Crippen LogP contribution < -0.4 is 16.0 Å². The molecule has 3 N–H and O–H groups in total. The summed E-state index contributed by atoms with van der Waals surface area (Å²) in [5, 5.41) is 2.62. The average molecular weight is 338 g/mol. The summed E-state index contributed by atoms with van der Waals surface area (Å²) in [6, 6.07) is 15.4. The van der Waals surface area contributed by atoms with Crippen molar-refractivity contribution in [2.75, 3.05) is 42.1 Å². The van der Waals surface area contributed by atoms with E-state index in [2.05, 4.69) is 10.2 Å². The number of aryl methyl sites for hydroxylation is 1. The monoisotopic (exact) mass is 338 g/mol. The Labute approximate surface area is 147 Å². The van der Waals surface area contributed by atoms with Gasteiger partial charge in [-0.05, 0) is 36.8 Å². The van der Waals surface area contributed by atoms with Crippen molar-refractivity contribution < 1.29 is 9.59 Å². The van der Waals surface area contributed by atoms with E-state index < -0.39 is 11.8 Å². The second-order valence-electron chi connectivity index (χ2n) is 6.16. The largest absolute Gasteiger partial charge is 0.397 e. The van der Waals surface area contributed by atoms with Gasteiger partial charge in [-0.3, -0.25) is 9.59 Å². The highest BCUT2D eigenvalue weighted by atomic mass is 16.2. The number of hydrogen-bond acceptors (Lipinski definition) is 4. The smallest absolute Gasteiger partial charge is 0.313 e. The first-order chi connectivity index (χ1) is 12.0. The Morgan fingerprint density at radius 3 is 2.36 bits per heavy atom. The molecule has 25 heavy (non-hydrogen) atoms. The number of amides is 2. The van der Waals surface area contributed by atoms with E-state index in [4.69, 9.17) is 5.73 Å². The lowest BCUT2D eigenvalue weighted by Gasteiger charge is -2.35. The van der Waals surface area contributed by atoms with Crippen LogP contribution in [-0.4, -0.2) is 42.9 Å². The summed E-state index contributed by atoms with van der Waals surface area (Å²) in [5.74, 6) is -1.17. The number of hydrogen-bond donors (Lipinski definition) is 2. The van der Waals surface area contributed by atoms with Crippen molar-refractivity contribution in [3.8, 4) is 0 Å². The van der Waals surface area contributed by atoms with Crippen molar-refractivity contribution in [2.45, 2.75) is 6.92 Å². The van der Waals surface area contributed by atoms with Crippen LogP contribution in [0.4, 0.5) is 17.1 Å². The van der Waals surface area contributed by atoms with Gasteiger partial charge < -0.3 is 20.9 Å². The summed E-state index contributed by atoms with van der Waals surface area (Å²) < 4.78 is 0. The van der Waals surface area contributed by atoms with Crippen molar-refractivity contribution in [1.82, 2.24) is 4.90 Å². The van der Waals surface area contributed by atoms with Crippen LogP contribution in [0.1, 0.15) is 5.56 Å². The molecule has 0 unspecified atom stereocenters. The summed E-state index contributed by atoms with van der Waals surface area (Å²) in [7, 11) is 0. The van der Waals surface area contributed by atoms with Crippen LogP contribution in [0.25, 0.3) is 0 Å². The first-order valence-corrected chi connectivity index (χ1v) is 8.31. The highest BCUT2D eigenvalue weighted by molar-refractivity contribution is 6.39. The maximum absolute atomic E-state index is 12.4. The number of nitrogens with zero attached hydrogens (tertiary/aromatic N) is 2. The van der Waals surface area contributed by atoms with Crippen LogP contribution in [0.3, 0.4) is 0 Å². The molecule has 0 atom stereocenters. The fourth-order valence-corrected chi connectivity index (χ4v) is 2.90. The van der Waals surface area contributed by atoms with Gasteiger partial charge in [-0.1, -0.05) is 24.3 Å². The maximum Gasteiger partial charge on any atom is 0.313 e. The number of piperazine rings is 1. The van der Waals surface area contributed by atoms with Crippen LogP contribution in [0.5, 0.6) is 0 Å². The molecule has 6 heteroatoms. The fourth-order valence-electron chi connectivity index (χ4n) is 2.90. The van der Waals surface area contributed by atoms with E-state index in [-0.39, 0.29) is 0 Å². The second-order valence-corrected chi connectivity index (χ2v) is 6.16. The van der Waals surface area contributed by atoms with Gasteiger partial charge in [0.15, 0.2) is 0 Å². The highest BCUT2D eigenvalue weighted by Crippen LogP contribution is 2.20. The first-order valence-electron chi connectivity index (χ1n) is 8.31. The molecule has 1 heterocycles. The van der Waals surface area contributed by atoms with Crippen LogP contribution in [0.2, 0.25) is 0 Å². The van der Waals surface area contributed by atoms with Crippen molar-refractivity contribution in [3.05, 3.63) is 54.1 Å². The quantitative estimate of drug-likeness (QED) is 0.647. The van der Waals surface area contributed by atoms with Crippen molar-refractivity contribution in [3.63, 3.8) is 0 Å². The predicted octanol–water partition coefficient (Wildman–Crippen LogP) is 1.86. The number of nitrogens with two attached hydrogens (primary N) is 1. The van der Waals surface area contributed by atoms with Gasteiger partial charge in [0.1, 0.15) is 0 Å². The zero-order valence-electron chi connectivity index (χ0n) is 14.2. The normalized spacial score (nSPS) is 14.3. The lowest BCUT2D eigenvalue weighted by atomic mass is 10.2. The molecule has 3 rings (SSSR count). The summed E-state index contributed by atoms with van der Waals surface area (Å²) >= 11 is 0. The van der Waals surface area contributed by atoms with E-state index in [0.29, 0.717) is 37.6 Å². The van der Waals surface area contributed by atoms with Crippen molar-refractivity contribution in [1.29, 1.82) is 0 Å². The van der Waals surface area contributed by atoms with Crippen molar-refractivity contribution in [2.24, 2.45) is 0 Å². The molecule has 130 valence electrons. The molecule has 1 aliphatic heterocycles. The molecule has 0 radical (unpaired) electrons. The van der Waals surface area contributed by atoms with Gasteiger partial charge in [-0.2, -0.15) is 0 Å². The standard InChI is InChI=1S/C19H22N4O2/c1-14-7-8-16(20)17(13-14)21-18(24)19(25)23-11-9-22(10-12-23)15-5-3-2-4-6-15/h2-8,13H,9-12,20H2,1H3,(H,21,24). The SMILES string of the molecule is Cc1ccc(N)c(NC(=O)C(=O)N2CCN(c3ccccc3)CC2)c1. The number of carbonyl (C=O) groups is 2. The number of carbonyl (C=O) groups excluding carboxylic acids is 2. The molecule has 0 spiro atoms. The van der Waals surface area contributed by atoms with Crippen molar-refractivity contribution >= 4 is 28.9 Å². The van der Waals surface area contributed by atoms with Gasteiger partial charge in [0.2, 0.25) is 0 Å². The molecule has 0 aromatic heterocycles. The first kappa shape index (κ1) is 16.8. The molecule has 2 aromatic rings. The van der Waals surface area contributed by atoms with Gasteiger partial charge >= 0.3 is 11.8 Å². The minimum Gasteiger partial charge on any atom is -0.397 e. The minimum absolute atomic E-state index is 0.445. The molecular weight excluding hydrogens is 316 g/mol. The Bertz CT molecular complexity index is 768. The Balaban J connectivity index is 1.58. The molecule has 2 amide bonds. The minimum atomic E-state index is -0.648. The van der Waals surface area contributed by atoms with Crippen LogP contribution in [0, 0.1) is 6.92 Å². The number of nitrogen functional groups attached to an aromatic ring is 1. The van der Waals surface area contributed by atoms with Gasteiger partial charge in [0, 0.05) is 31.9 Å². The van der Waals surface area contributed by atoms with Gasteiger partial charge in [0.05, 0.1) is 11.4 Å². The molecule has 0 bridgehead atoms.